The van der Waals surface area contributed by atoms with Crippen LogP contribution in [0.1, 0.15) is 34.7 Å². The molecule has 24 heavy (non-hydrogen) atoms. The maximum Gasteiger partial charge on any atom is 0.278 e. The van der Waals surface area contributed by atoms with Gasteiger partial charge >= 0.3 is 0 Å². The van der Waals surface area contributed by atoms with Gasteiger partial charge in [-0.1, -0.05) is 17.3 Å². The van der Waals surface area contributed by atoms with Gasteiger partial charge in [0, 0.05) is 17.5 Å². The van der Waals surface area contributed by atoms with Crippen molar-refractivity contribution in [2.75, 3.05) is 5.32 Å². The molecule has 0 saturated carbocycles. The second-order valence-electron chi connectivity index (χ2n) is 5.73. The highest BCUT2D eigenvalue weighted by Gasteiger charge is 2.25. The molecule has 1 aliphatic rings. The van der Waals surface area contributed by atoms with Gasteiger partial charge in [-0.05, 0) is 31.4 Å². The topological polar surface area (TPSA) is 83.8 Å². The molecular formula is C17H15FN4O2. The van der Waals surface area contributed by atoms with Gasteiger partial charge in [0.05, 0.1) is 17.6 Å². The molecule has 1 amide bonds. The van der Waals surface area contributed by atoms with Gasteiger partial charge in [-0.15, -0.1) is 0 Å². The number of amides is 1. The van der Waals surface area contributed by atoms with Crippen LogP contribution >= 0.6 is 0 Å². The highest BCUT2D eigenvalue weighted by atomic mass is 19.1. The van der Waals surface area contributed by atoms with E-state index < -0.39 is 5.82 Å². The van der Waals surface area contributed by atoms with E-state index in [2.05, 4.69) is 20.7 Å². The van der Waals surface area contributed by atoms with Gasteiger partial charge in [-0.3, -0.25) is 9.89 Å². The summed E-state index contributed by atoms with van der Waals surface area (Å²) in [5.74, 6) is 0.0184. The number of hydrogen-bond acceptors (Lipinski definition) is 4. The van der Waals surface area contributed by atoms with Crippen molar-refractivity contribution in [1.29, 1.82) is 0 Å². The van der Waals surface area contributed by atoms with Crippen molar-refractivity contribution in [2.24, 2.45) is 0 Å². The summed E-state index contributed by atoms with van der Waals surface area (Å²) < 4.78 is 19.2. The number of halogens is 1. The van der Waals surface area contributed by atoms with Crippen LogP contribution in [0.4, 0.5) is 10.1 Å². The van der Waals surface area contributed by atoms with Gasteiger partial charge in [0.25, 0.3) is 5.91 Å². The number of aromatic amines is 1. The Kier molecular flexibility index (Phi) is 3.60. The van der Waals surface area contributed by atoms with E-state index in [9.17, 15) is 9.18 Å². The minimum atomic E-state index is -0.393. The predicted molar refractivity (Wildman–Crippen MR) is 85.1 cm³/mol. The third-order valence-electron chi connectivity index (χ3n) is 4.20. The van der Waals surface area contributed by atoms with Gasteiger partial charge in [0.1, 0.15) is 11.6 Å². The highest BCUT2D eigenvalue weighted by Crippen LogP contribution is 2.29. The average molecular weight is 326 g/mol. The third kappa shape index (κ3) is 2.47. The van der Waals surface area contributed by atoms with Gasteiger partial charge in [0.2, 0.25) is 0 Å². The van der Waals surface area contributed by atoms with Crippen molar-refractivity contribution in [2.45, 2.75) is 25.7 Å². The summed E-state index contributed by atoms with van der Waals surface area (Å²) in [6, 6.07) is 6.31. The van der Waals surface area contributed by atoms with E-state index in [0.29, 0.717) is 22.6 Å². The fourth-order valence-electron chi connectivity index (χ4n) is 2.99. The number of aromatic nitrogens is 3. The quantitative estimate of drug-likeness (QED) is 0.773. The molecule has 0 unspecified atom stereocenters. The molecule has 1 aromatic carbocycles. The third-order valence-corrected chi connectivity index (χ3v) is 4.20. The van der Waals surface area contributed by atoms with Crippen LogP contribution in [0, 0.1) is 5.82 Å². The van der Waals surface area contributed by atoms with Crippen molar-refractivity contribution in [3.8, 4) is 11.3 Å². The average Bonchev–Trinajstić information content (AvgIpc) is 3.22. The fourth-order valence-corrected chi connectivity index (χ4v) is 2.99. The van der Waals surface area contributed by atoms with Gasteiger partial charge in [-0.25, -0.2) is 4.39 Å². The molecule has 2 heterocycles. The van der Waals surface area contributed by atoms with Crippen LogP contribution in [-0.4, -0.2) is 21.3 Å². The number of fused-ring (bicyclic) bond motifs is 1. The standard InChI is InChI=1S/C17H15FN4O2/c18-12-7-3-1-5-10(12)15-13(9-19-21-15)20-17(23)16-11-6-2-4-8-14(11)24-22-16/h1,3,5,7,9H,2,4,6,8H2,(H,19,21)(H,20,23). The molecule has 6 nitrogen and oxygen atoms in total. The Balaban J connectivity index is 1.63. The number of rotatable bonds is 3. The van der Waals surface area contributed by atoms with Crippen LogP contribution in [0.3, 0.4) is 0 Å². The molecule has 7 heteroatoms. The van der Waals surface area contributed by atoms with E-state index in [0.717, 1.165) is 37.0 Å². The summed E-state index contributed by atoms with van der Waals surface area (Å²) in [6.07, 6.45) is 5.10. The first-order valence-electron chi connectivity index (χ1n) is 7.81. The molecule has 0 fully saturated rings. The zero-order chi connectivity index (χ0) is 16.5. The Hall–Kier alpha value is -2.96. The Labute approximate surface area is 137 Å². The maximum atomic E-state index is 14.0. The van der Waals surface area contributed by atoms with Gasteiger partial charge in [0.15, 0.2) is 5.69 Å². The number of carbonyl (C=O) groups excluding carboxylic acids is 1. The first-order chi connectivity index (χ1) is 11.7. The van der Waals surface area contributed by atoms with Crippen LogP contribution in [0.25, 0.3) is 11.3 Å². The van der Waals surface area contributed by atoms with Crippen molar-refractivity contribution < 1.29 is 13.7 Å². The molecular weight excluding hydrogens is 311 g/mol. The normalized spacial score (nSPS) is 13.5. The van der Waals surface area contributed by atoms with E-state index in [1.54, 1.807) is 18.2 Å². The molecule has 0 spiro atoms. The van der Waals surface area contributed by atoms with Crippen LogP contribution in [0.15, 0.2) is 35.0 Å². The lowest BCUT2D eigenvalue weighted by Crippen LogP contribution is -2.15. The summed E-state index contributed by atoms with van der Waals surface area (Å²) >= 11 is 0. The minimum absolute atomic E-state index is 0.297. The number of carbonyl (C=O) groups is 1. The minimum Gasteiger partial charge on any atom is -0.360 e. The monoisotopic (exact) mass is 326 g/mol. The van der Waals surface area contributed by atoms with Crippen molar-refractivity contribution in [3.63, 3.8) is 0 Å². The molecule has 4 rings (SSSR count). The largest absolute Gasteiger partial charge is 0.360 e. The molecule has 0 radical (unpaired) electrons. The number of anilines is 1. The number of nitrogens with zero attached hydrogens (tertiary/aromatic N) is 2. The second-order valence-corrected chi connectivity index (χ2v) is 5.73. The highest BCUT2D eigenvalue weighted by molar-refractivity contribution is 6.05. The molecule has 2 aromatic heterocycles. The Morgan fingerprint density at radius 3 is 2.96 bits per heavy atom. The van der Waals surface area contributed by atoms with Crippen molar-refractivity contribution >= 4 is 11.6 Å². The van der Waals surface area contributed by atoms with E-state index in [1.165, 1.54) is 12.3 Å². The SMILES string of the molecule is O=C(Nc1cn[nH]c1-c1ccccc1F)c1noc2c1CCCC2. The van der Waals surface area contributed by atoms with E-state index in [1.807, 2.05) is 0 Å². The molecule has 0 saturated heterocycles. The van der Waals surface area contributed by atoms with E-state index in [-0.39, 0.29) is 5.91 Å². The first-order valence-corrected chi connectivity index (χ1v) is 7.81. The Morgan fingerprint density at radius 1 is 1.25 bits per heavy atom. The van der Waals surface area contributed by atoms with Crippen LogP contribution in [-0.2, 0) is 12.8 Å². The Bertz CT molecular complexity index is 900. The summed E-state index contributed by atoms with van der Waals surface area (Å²) in [6.45, 7) is 0. The number of benzene rings is 1. The summed E-state index contributed by atoms with van der Waals surface area (Å²) in [4.78, 5) is 12.5. The predicted octanol–water partition coefficient (Wildman–Crippen LogP) is 3.33. The number of nitrogens with one attached hydrogen (secondary N) is 2. The van der Waals surface area contributed by atoms with E-state index >= 15 is 0 Å². The number of H-pyrrole nitrogens is 1. The summed E-state index contributed by atoms with van der Waals surface area (Å²) in [5.41, 5.74) is 2.32. The Morgan fingerprint density at radius 2 is 2.08 bits per heavy atom. The van der Waals surface area contributed by atoms with Crippen LogP contribution < -0.4 is 5.32 Å². The first kappa shape index (κ1) is 14.6. The van der Waals surface area contributed by atoms with Crippen LogP contribution in [0.2, 0.25) is 0 Å². The zero-order valence-electron chi connectivity index (χ0n) is 12.8. The molecule has 0 bridgehead atoms. The molecule has 0 atom stereocenters. The molecule has 122 valence electrons. The van der Waals surface area contributed by atoms with Crippen molar-refractivity contribution in [3.05, 3.63) is 53.3 Å². The molecule has 2 N–H and O–H groups in total. The molecule has 1 aliphatic carbocycles. The molecule has 3 aromatic rings. The van der Waals surface area contributed by atoms with Crippen LogP contribution in [0.5, 0.6) is 0 Å². The lowest BCUT2D eigenvalue weighted by atomic mass is 9.96. The zero-order valence-corrected chi connectivity index (χ0v) is 12.8. The lowest BCUT2D eigenvalue weighted by molar-refractivity contribution is 0.101. The smallest absolute Gasteiger partial charge is 0.278 e. The van der Waals surface area contributed by atoms with Gasteiger partial charge in [-0.2, -0.15) is 5.10 Å². The number of hydrogen-bond donors (Lipinski definition) is 2. The summed E-state index contributed by atoms with van der Waals surface area (Å²) in [7, 11) is 0. The second kappa shape index (κ2) is 5.92. The number of aryl methyl sites for hydroxylation is 1. The fraction of sp³-hybridized carbons (Fsp3) is 0.235. The maximum absolute atomic E-state index is 14.0. The van der Waals surface area contributed by atoms with E-state index in [4.69, 9.17) is 4.52 Å². The molecule has 0 aliphatic heterocycles. The lowest BCUT2D eigenvalue weighted by Gasteiger charge is -2.09. The van der Waals surface area contributed by atoms with Crippen molar-refractivity contribution in [1.82, 2.24) is 15.4 Å². The summed E-state index contributed by atoms with van der Waals surface area (Å²) in [5, 5.41) is 13.3. The van der Waals surface area contributed by atoms with Gasteiger partial charge < -0.3 is 9.84 Å².